The summed E-state index contributed by atoms with van der Waals surface area (Å²) in [6.07, 6.45) is 1.84. The van der Waals surface area contributed by atoms with Gasteiger partial charge in [0.2, 0.25) is 0 Å². The number of nitrogens with zero attached hydrogens (tertiary/aromatic N) is 2. The molecule has 0 spiro atoms. The SMILES string of the molecule is CC(C)(C)Cc1noc(-c2cccc3c2CCNC3)n1. The molecule has 1 aromatic carbocycles. The van der Waals surface area contributed by atoms with Gasteiger partial charge in [-0.05, 0) is 35.6 Å². The van der Waals surface area contributed by atoms with Crippen molar-refractivity contribution < 1.29 is 4.52 Å². The smallest absolute Gasteiger partial charge is 0.258 e. The molecule has 0 aliphatic carbocycles. The van der Waals surface area contributed by atoms with E-state index in [1.165, 1.54) is 11.1 Å². The largest absolute Gasteiger partial charge is 0.334 e. The van der Waals surface area contributed by atoms with E-state index >= 15 is 0 Å². The zero-order valence-corrected chi connectivity index (χ0v) is 12.4. The number of aromatic nitrogens is 2. The van der Waals surface area contributed by atoms with E-state index in [1.54, 1.807) is 0 Å². The molecule has 0 unspecified atom stereocenters. The van der Waals surface area contributed by atoms with Crippen LogP contribution in [-0.2, 0) is 19.4 Å². The molecule has 4 nitrogen and oxygen atoms in total. The highest BCUT2D eigenvalue weighted by molar-refractivity contribution is 5.61. The fourth-order valence-electron chi connectivity index (χ4n) is 2.64. The average molecular weight is 271 g/mol. The minimum atomic E-state index is 0.168. The van der Waals surface area contributed by atoms with Crippen LogP contribution in [0.3, 0.4) is 0 Å². The molecule has 2 aromatic rings. The summed E-state index contributed by atoms with van der Waals surface area (Å²) >= 11 is 0. The molecule has 0 saturated carbocycles. The Labute approximate surface area is 119 Å². The maximum Gasteiger partial charge on any atom is 0.258 e. The summed E-state index contributed by atoms with van der Waals surface area (Å²) in [4.78, 5) is 4.58. The van der Waals surface area contributed by atoms with Crippen LogP contribution in [0.2, 0.25) is 0 Å². The van der Waals surface area contributed by atoms with Gasteiger partial charge in [0.05, 0.1) is 0 Å². The molecule has 0 saturated heterocycles. The molecule has 0 amide bonds. The summed E-state index contributed by atoms with van der Waals surface area (Å²) in [5.41, 5.74) is 3.94. The van der Waals surface area contributed by atoms with Crippen molar-refractivity contribution in [2.45, 2.75) is 40.2 Å². The van der Waals surface area contributed by atoms with Crippen LogP contribution >= 0.6 is 0 Å². The van der Waals surface area contributed by atoms with Crippen LogP contribution in [0, 0.1) is 5.41 Å². The van der Waals surface area contributed by atoms with E-state index in [-0.39, 0.29) is 5.41 Å². The van der Waals surface area contributed by atoms with Gasteiger partial charge in [-0.3, -0.25) is 0 Å². The molecule has 1 N–H and O–H groups in total. The number of nitrogens with one attached hydrogen (secondary N) is 1. The molecule has 1 aliphatic rings. The third-order valence-electron chi connectivity index (χ3n) is 3.53. The normalized spacial score (nSPS) is 15.2. The van der Waals surface area contributed by atoms with E-state index in [0.717, 1.165) is 37.3 Å². The van der Waals surface area contributed by atoms with Gasteiger partial charge >= 0.3 is 0 Å². The van der Waals surface area contributed by atoms with Gasteiger partial charge in [-0.2, -0.15) is 4.98 Å². The lowest BCUT2D eigenvalue weighted by Gasteiger charge is -2.18. The van der Waals surface area contributed by atoms with Crippen molar-refractivity contribution >= 4 is 0 Å². The first kappa shape index (κ1) is 13.3. The fraction of sp³-hybridized carbons (Fsp3) is 0.500. The van der Waals surface area contributed by atoms with E-state index in [9.17, 15) is 0 Å². The van der Waals surface area contributed by atoms with Crippen molar-refractivity contribution in [2.24, 2.45) is 5.41 Å². The quantitative estimate of drug-likeness (QED) is 0.912. The van der Waals surface area contributed by atoms with E-state index in [1.807, 2.05) is 0 Å². The van der Waals surface area contributed by atoms with Crippen molar-refractivity contribution in [3.05, 3.63) is 35.2 Å². The first-order valence-corrected chi connectivity index (χ1v) is 7.17. The van der Waals surface area contributed by atoms with Gasteiger partial charge in [-0.15, -0.1) is 0 Å². The molecule has 0 bridgehead atoms. The van der Waals surface area contributed by atoms with Crippen molar-refractivity contribution in [3.8, 4) is 11.5 Å². The van der Waals surface area contributed by atoms with Crippen LogP contribution in [-0.4, -0.2) is 16.7 Å². The Morgan fingerprint density at radius 2 is 2.15 bits per heavy atom. The second kappa shape index (κ2) is 5.02. The van der Waals surface area contributed by atoms with Crippen molar-refractivity contribution in [3.63, 3.8) is 0 Å². The van der Waals surface area contributed by atoms with Gasteiger partial charge in [0, 0.05) is 18.5 Å². The molecule has 0 atom stereocenters. The highest BCUT2D eigenvalue weighted by Gasteiger charge is 2.20. The molecular formula is C16H21N3O. The van der Waals surface area contributed by atoms with Crippen LogP contribution in [0.4, 0.5) is 0 Å². The minimum absolute atomic E-state index is 0.168. The third kappa shape index (κ3) is 2.75. The molecule has 1 aromatic heterocycles. The Hall–Kier alpha value is -1.68. The first-order valence-electron chi connectivity index (χ1n) is 7.17. The molecule has 1 aliphatic heterocycles. The molecule has 4 heteroatoms. The zero-order chi connectivity index (χ0) is 14.2. The molecule has 0 fully saturated rings. The number of hydrogen-bond donors (Lipinski definition) is 1. The Balaban J connectivity index is 1.94. The Kier molecular flexibility index (Phi) is 3.34. The van der Waals surface area contributed by atoms with Crippen LogP contribution < -0.4 is 5.32 Å². The maximum atomic E-state index is 5.48. The summed E-state index contributed by atoms with van der Waals surface area (Å²) in [5.74, 6) is 1.45. The Morgan fingerprint density at radius 3 is 2.95 bits per heavy atom. The highest BCUT2D eigenvalue weighted by atomic mass is 16.5. The lowest BCUT2D eigenvalue weighted by atomic mass is 9.92. The average Bonchev–Trinajstić information content (AvgIpc) is 2.84. The first-order chi connectivity index (χ1) is 9.53. The number of fused-ring (bicyclic) bond motifs is 1. The molecule has 3 rings (SSSR count). The second-order valence-electron chi connectivity index (χ2n) is 6.62. The summed E-state index contributed by atoms with van der Waals surface area (Å²) in [7, 11) is 0. The van der Waals surface area contributed by atoms with Gasteiger partial charge in [-0.1, -0.05) is 38.1 Å². The summed E-state index contributed by atoms with van der Waals surface area (Å²) in [6, 6.07) is 6.31. The zero-order valence-electron chi connectivity index (χ0n) is 12.4. The van der Waals surface area contributed by atoms with Crippen molar-refractivity contribution in [2.75, 3.05) is 6.54 Å². The van der Waals surface area contributed by atoms with E-state index in [0.29, 0.717) is 5.89 Å². The van der Waals surface area contributed by atoms with E-state index < -0.39 is 0 Å². The predicted octanol–water partition coefficient (Wildman–Crippen LogP) is 2.97. The minimum Gasteiger partial charge on any atom is -0.334 e. The topological polar surface area (TPSA) is 51.0 Å². The number of hydrogen-bond acceptors (Lipinski definition) is 4. The monoisotopic (exact) mass is 271 g/mol. The molecule has 0 radical (unpaired) electrons. The predicted molar refractivity (Wildman–Crippen MR) is 78.3 cm³/mol. The molecule has 20 heavy (non-hydrogen) atoms. The summed E-state index contributed by atoms with van der Waals surface area (Å²) in [6.45, 7) is 8.47. The van der Waals surface area contributed by atoms with Crippen molar-refractivity contribution in [1.29, 1.82) is 0 Å². The van der Waals surface area contributed by atoms with E-state index in [4.69, 9.17) is 4.52 Å². The lowest BCUT2D eigenvalue weighted by molar-refractivity contribution is 0.374. The summed E-state index contributed by atoms with van der Waals surface area (Å²) < 4.78 is 5.48. The molecule has 106 valence electrons. The Morgan fingerprint density at radius 1 is 1.30 bits per heavy atom. The van der Waals surface area contributed by atoms with Crippen LogP contribution in [0.1, 0.15) is 37.7 Å². The van der Waals surface area contributed by atoms with Crippen LogP contribution in [0.15, 0.2) is 22.7 Å². The van der Waals surface area contributed by atoms with Gasteiger partial charge in [0.15, 0.2) is 5.82 Å². The van der Waals surface area contributed by atoms with Gasteiger partial charge in [0.1, 0.15) is 0 Å². The summed E-state index contributed by atoms with van der Waals surface area (Å²) in [5, 5.41) is 7.51. The maximum absolute atomic E-state index is 5.48. The van der Waals surface area contributed by atoms with Crippen LogP contribution in [0.25, 0.3) is 11.5 Å². The Bertz CT molecular complexity index is 610. The standard InChI is InChI=1S/C16H21N3O/c1-16(2,3)9-14-18-15(20-19-14)13-6-4-5-11-10-17-8-7-12(11)13/h4-6,17H,7-10H2,1-3H3. The van der Waals surface area contributed by atoms with Gasteiger partial charge in [-0.25, -0.2) is 0 Å². The second-order valence-corrected chi connectivity index (χ2v) is 6.62. The van der Waals surface area contributed by atoms with Gasteiger partial charge < -0.3 is 9.84 Å². The molecule has 2 heterocycles. The number of rotatable bonds is 2. The van der Waals surface area contributed by atoms with Crippen LogP contribution in [0.5, 0.6) is 0 Å². The fourth-order valence-corrected chi connectivity index (χ4v) is 2.64. The third-order valence-corrected chi connectivity index (χ3v) is 3.53. The van der Waals surface area contributed by atoms with E-state index in [2.05, 4.69) is 54.4 Å². The highest BCUT2D eigenvalue weighted by Crippen LogP contribution is 2.28. The number of benzene rings is 1. The van der Waals surface area contributed by atoms with Gasteiger partial charge in [0.25, 0.3) is 5.89 Å². The lowest BCUT2D eigenvalue weighted by Crippen LogP contribution is -2.24. The van der Waals surface area contributed by atoms with Crippen molar-refractivity contribution in [1.82, 2.24) is 15.5 Å². The molecular weight excluding hydrogens is 250 g/mol.